The molecule has 1 aromatic heterocycles. The lowest BCUT2D eigenvalue weighted by Gasteiger charge is -2.38. The van der Waals surface area contributed by atoms with Crippen molar-refractivity contribution in [3.8, 4) is 0 Å². The minimum Gasteiger partial charge on any atom is -0.480 e. The minimum absolute atomic E-state index is 0.240. The molecule has 0 spiro atoms. The second-order valence-corrected chi connectivity index (χ2v) is 7.84. The van der Waals surface area contributed by atoms with Crippen molar-refractivity contribution in [2.75, 3.05) is 13.1 Å². The van der Waals surface area contributed by atoms with Gasteiger partial charge in [-0.05, 0) is 30.4 Å². The number of fused-ring (bicyclic) bond motifs is 1. The van der Waals surface area contributed by atoms with Gasteiger partial charge in [0, 0.05) is 35.3 Å². The molecule has 2 heterocycles. The van der Waals surface area contributed by atoms with Crippen molar-refractivity contribution in [2.45, 2.75) is 32.9 Å². The Balaban J connectivity index is 2.11. The second kappa shape index (κ2) is 7.29. The number of aromatic nitrogens is 1. The summed E-state index contributed by atoms with van der Waals surface area (Å²) in [6.45, 7) is 5.45. The van der Waals surface area contributed by atoms with Crippen LogP contribution in [0.15, 0.2) is 24.4 Å². The molecule has 1 aromatic carbocycles. The van der Waals surface area contributed by atoms with Crippen LogP contribution in [-0.2, 0) is 16.1 Å². The van der Waals surface area contributed by atoms with E-state index in [9.17, 15) is 19.8 Å². The zero-order valence-electron chi connectivity index (χ0n) is 14.9. The summed E-state index contributed by atoms with van der Waals surface area (Å²) in [4.78, 5) is 25.4. The number of piperidine rings is 1. The molecule has 0 radical (unpaired) electrons. The van der Waals surface area contributed by atoms with Gasteiger partial charge in [-0.15, -0.1) is 0 Å². The number of hydrogen-bond acceptors (Lipinski definition) is 3. The molecule has 1 fully saturated rings. The molecule has 26 heavy (non-hydrogen) atoms. The average Bonchev–Trinajstić information content (AvgIpc) is 2.83. The van der Waals surface area contributed by atoms with Gasteiger partial charge in [0.2, 0.25) is 0 Å². The number of carboxylic acid groups (broad SMARTS) is 2. The third kappa shape index (κ3) is 3.71. The summed E-state index contributed by atoms with van der Waals surface area (Å²) in [6.07, 6.45) is 2.73. The zero-order chi connectivity index (χ0) is 19.0. The summed E-state index contributed by atoms with van der Waals surface area (Å²) in [5.41, 5.74) is 1.26. The highest BCUT2D eigenvalue weighted by Gasteiger charge is 2.34. The average molecular weight is 379 g/mol. The summed E-state index contributed by atoms with van der Waals surface area (Å²) in [5.74, 6) is -1.07. The largest absolute Gasteiger partial charge is 0.480 e. The number of benzene rings is 1. The number of aliphatic carboxylic acids is 2. The second-order valence-electron chi connectivity index (χ2n) is 7.41. The molecule has 0 aliphatic carbocycles. The molecule has 1 aliphatic rings. The van der Waals surface area contributed by atoms with Crippen molar-refractivity contribution in [1.29, 1.82) is 0 Å². The first-order valence-corrected chi connectivity index (χ1v) is 9.11. The van der Waals surface area contributed by atoms with Crippen LogP contribution in [0.4, 0.5) is 0 Å². The number of rotatable bonds is 5. The van der Waals surface area contributed by atoms with E-state index in [2.05, 4.69) is 13.8 Å². The Kier molecular flexibility index (Phi) is 5.25. The van der Waals surface area contributed by atoms with Crippen molar-refractivity contribution in [3.63, 3.8) is 0 Å². The van der Waals surface area contributed by atoms with Crippen LogP contribution in [0, 0.1) is 11.8 Å². The van der Waals surface area contributed by atoms with E-state index in [1.165, 1.54) is 0 Å². The van der Waals surface area contributed by atoms with Crippen LogP contribution in [-0.4, -0.2) is 44.7 Å². The van der Waals surface area contributed by atoms with E-state index in [0.717, 1.165) is 11.8 Å². The molecule has 3 atom stereocenters. The summed E-state index contributed by atoms with van der Waals surface area (Å²) < 4.78 is 1.56. The fraction of sp³-hybridized carbons (Fsp3) is 0.474. The van der Waals surface area contributed by atoms with Crippen LogP contribution in [0.1, 0.15) is 31.9 Å². The van der Waals surface area contributed by atoms with E-state index in [1.807, 2.05) is 4.90 Å². The first kappa shape index (κ1) is 18.7. The number of hydrogen-bond donors (Lipinski definition) is 2. The van der Waals surface area contributed by atoms with Crippen molar-refractivity contribution in [1.82, 2.24) is 9.47 Å². The van der Waals surface area contributed by atoms with Crippen molar-refractivity contribution in [2.24, 2.45) is 11.8 Å². The monoisotopic (exact) mass is 378 g/mol. The van der Waals surface area contributed by atoms with Gasteiger partial charge < -0.3 is 14.8 Å². The maximum absolute atomic E-state index is 12.2. The van der Waals surface area contributed by atoms with E-state index >= 15 is 0 Å². The van der Waals surface area contributed by atoms with E-state index in [4.69, 9.17) is 11.6 Å². The molecule has 140 valence electrons. The lowest BCUT2D eigenvalue weighted by atomic mass is 9.89. The van der Waals surface area contributed by atoms with Gasteiger partial charge in [0.25, 0.3) is 0 Å². The van der Waals surface area contributed by atoms with E-state index in [0.29, 0.717) is 41.0 Å². The molecule has 1 aliphatic heterocycles. The predicted molar refractivity (Wildman–Crippen MR) is 99.5 cm³/mol. The highest BCUT2D eigenvalue weighted by molar-refractivity contribution is 6.31. The Morgan fingerprint density at radius 3 is 2.46 bits per heavy atom. The lowest BCUT2D eigenvalue weighted by molar-refractivity contribution is -0.144. The van der Waals surface area contributed by atoms with Gasteiger partial charge >= 0.3 is 11.9 Å². The highest BCUT2D eigenvalue weighted by atomic mass is 35.5. The molecule has 6 nitrogen and oxygen atoms in total. The number of halogens is 1. The van der Waals surface area contributed by atoms with Crippen molar-refractivity contribution in [3.05, 3.63) is 35.0 Å². The lowest BCUT2D eigenvalue weighted by Crippen LogP contribution is -2.43. The predicted octanol–water partition coefficient (Wildman–Crippen LogP) is 3.48. The van der Waals surface area contributed by atoms with Crippen molar-refractivity contribution < 1.29 is 19.8 Å². The minimum atomic E-state index is -0.986. The van der Waals surface area contributed by atoms with Crippen LogP contribution < -0.4 is 0 Å². The number of carboxylic acids is 2. The van der Waals surface area contributed by atoms with Crippen molar-refractivity contribution >= 4 is 34.4 Å². The molecule has 0 saturated carbocycles. The molecule has 0 bridgehead atoms. The van der Waals surface area contributed by atoms with Gasteiger partial charge in [-0.25, -0.2) is 0 Å². The smallest absolute Gasteiger partial charge is 0.325 e. The standard InChI is InChI=1S/C19H23ClN2O4/c1-11-5-12(2)8-22(7-11)18(19(25)26)15-9-21(10-17(23)24)16-6-13(20)3-4-14(15)16/h3-4,6,9,11-12,18H,5,7-8,10H2,1-2H3,(H,23,24)(H,25,26)/t11-,12+,18?. The Labute approximate surface area is 157 Å². The quantitative estimate of drug-likeness (QED) is 0.832. The Bertz CT molecular complexity index is 837. The van der Waals surface area contributed by atoms with Crippen LogP contribution in [0.5, 0.6) is 0 Å². The molecule has 1 saturated heterocycles. The van der Waals surface area contributed by atoms with Crippen LogP contribution in [0.25, 0.3) is 10.9 Å². The molecule has 2 aromatic rings. The van der Waals surface area contributed by atoms with E-state index in [1.54, 1.807) is 29.0 Å². The number of nitrogens with zero attached hydrogens (tertiary/aromatic N) is 2. The fourth-order valence-electron chi connectivity index (χ4n) is 4.20. The van der Waals surface area contributed by atoms with Crippen LogP contribution in [0.3, 0.4) is 0 Å². The first-order valence-electron chi connectivity index (χ1n) is 8.73. The van der Waals surface area contributed by atoms with Crippen LogP contribution >= 0.6 is 11.6 Å². The molecular weight excluding hydrogens is 356 g/mol. The van der Waals surface area contributed by atoms with Gasteiger partial charge in [0.15, 0.2) is 0 Å². The third-order valence-corrected chi connectivity index (χ3v) is 5.21. The third-order valence-electron chi connectivity index (χ3n) is 4.97. The van der Waals surface area contributed by atoms with Gasteiger partial charge in [-0.1, -0.05) is 31.5 Å². The SMILES string of the molecule is C[C@@H]1C[C@H](C)CN(C(C(=O)O)c2cn(CC(=O)O)c3cc(Cl)ccc23)C1. The van der Waals surface area contributed by atoms with Gasteiger partial charge in [-0.2, -0.15) is 0 Å². The maximum atomic E-state index is 12.2. The Hall–Kier alpha value is -2.05. The van der Waals surface area contributed by atoms with E-state index in [-0.39, 0.29) is 6.54 Å². The molecular formula is C19H23ClN2O4. The summed E-state index contributed by atoms with van der Waals surface area (Å²) in [7, 11) is 0. The van der Waals surface area contributed by atoms with Gasteiger partial charge in [0.1, 0.15) is 12.6 Å². The number of likely N-dealkylation sites (tertiary alicyclic amines) is 1. The highest BCUT2D eigenvalue weighted by Crippen LogP contribution is 2.35. The van der Waals surface area contributed by atoms with Gasteiger partial charge in [-0.3, -0.25) is 14.5 Å². The van der Waals surface area contributed by atoms with E-state index < -0.39 is 18.0 Å². The summed E-state index contributed by atoms with van der Waals surface area (Å²) in [5, 5.41) is 20.4. The number of carbonyl (C=O) groups is 2. The Morgan fingerprint density at radius 2 is 1.88 bits per heavy atom. The topological polar surface area (TPSA) is 82.8 Å². The van der Waals surface area contributed by atoms with Crippen LogP contribution in [0.2, 0.25) is 5.02 Å². The van der Waals surface area contributed by atoms with Gasteiger partial charge in [0.05, 0.1) is 5.52 Å². The normalized spacial score (nSPS) is 22.4. The molecule has 0 amide bonds. The fourth-order valence-corrected chi connectivity index (χ4v) is 4.36. The maximum Gasteiger partial charge on any atom is 0.325 e. The first-order chi connectivity index (χ1) is 12.3. The molecule has 1 unspecified atom stereocenters. The molecule has 3 rings (SSSR count). The zero-order valence-corrected chi connectivity index (χ0v) is 15.6. The summed E-state index contributed by atoms with van der Waals surface area (Å²) >= 11 is 6.08. The Morgan fingerprint density at radius 1 is 1.23 bits per heavy atom. The molecule has 7 heteroatoms. The summed E-state index contributed by atoms with van der Waals surface area (Å²) in [6, 6.07) is 4.36. The molecule has 2 N–H and O–H groups in total.